The van der Waals surface area contributed by atoms with Crippen LogP contribution in [0, 0.1) is 13.8 Å². The van der Waals surface area contributed by atoms with Crippen LogP contribution in [0.15, 0.2) is 60.8 Å². The standard InChI is InChI=1S/C24H24N4O3/c1-15-8-6-9-16(2)22(15)27-24-23(26-20-12-4-5-13-28(20)24)21-17(30-3)10-7-11-18(21)31-14-19(25)29/h4-13,27H,14H2,1-3H3,(H2,25,29). The highest BCUT2D eigenvalue weighted by molar-refractivity contribution is 5.87. The lowest BCUT2D eigenvalue weighted by Gasteiger charge is -2.17. The number of nitrogens with zero attached hydrogens (tertiary/aromatic N) is 2. The van der Waals surface area contributed by atoms with Gasteiger partial charge in [0.1, 0.15) is 28.7 Å². The number of nitrogens with one attached hydrogen (secondary N) is 1. The average molecular weight is 416 g/mol. The maximum atomic E-state index is 11.3. The van der Waals surface area contributed by atoms with Crippen molar-refractivity contribution in [2.24, 2.45) is 5.73 Å². The summed E-state index contributed by atoms with van der Waals surface area (Å²) in [7, 11) is 1.59. The van der Waals surface area contributed by atoms with Gasteiger partial charge in [0.05, 0.1) is 12.7 Å². The van der Waals surface area contributed by atoms with Gasteiger partial charge in [0.25, 0.3) is 5.91 Å². The molecular weight excluding hydrogens is 392 g/mol. The largest absolute Gasteiger partial charge is 0.496 e. The van der Waals surface area contributed by atoms with Gasteiger partial charge < -0.3 is 20.5 Å². The van der Waals surface area contributed by atoms with Crippen molar-refractivity contribution < 1.29 is 14.3 Å². The number of hydrogen-bond acceptors (Lipinski definition) is 5. The zero-order chi connectivity index (χ0) is 22.0. The normalized spacial score (nSPS) is 10.8. The van der Waals surface area contributed by atoms with Gasteiger partial charge in [-0.05, 0) is 49.2 Å². The summed E-state index contributed by atoms with van der Waals surface area (Å²) in [4.78, 5) is 16.2. The number of anilines is 2. The fourth-order valence-corrected chi connectivity index (χ4v) is 3.60. The number of carbonyl (C=O) groups is 1. The number of aromatic nitrogens is 2. The molecule has 0 radical (unpaired) electrons. The number of para-hydroxylation sites is 1. The smallest absolute Gasteiger partial charge is 0.255 e. The Morgan fingerprint density at radius 2 is 1.74 bits per heavy atom. The molecule has 4 rings (SSSR count). The first-order valence-corrected chi connectivity index (χ1v) is 9.88. The van der Waals surface area contributed by atoms with E-state index in [1.807, 2.05) is 40.9 Å². The maximum absolute atomic E-state index is 11.3. The molecule has 3 N–H and O–H groups in total. The van der Waals surface area contributed by atoms with Crippen molar-refractivity contribution in [1.82, 2.24) is 9.38 Å². The van der Waals surface area contributed by atoms with Crippen LogP contribution in [-0.2, 0) is 4.79 Å². The topological polar surface area (TPSA) is 90.9 Å². The number of benzene rings is 2. The van der Waals surface area contributed by atoms with E-state index in [9.17, 15) is 4.79 Å². The first kappa shape index (κ1) is 20.3. The lowest BCUT2D eigenvalue weighted by molar-refractivity contribution is -0.119. The summed E-state index contributed by atoms with van der Waals surface area (Å²) in [6.45, 7) is 3.87. The molecule has 158 valence electrons. The summed E-state index contributed by atoms with van der Waals surface area (Å²) in [5, 5.41) is 3.57. The van der Waals surface area contributed by atoms with Gasteiger partial charge in [0, 0.05) is 11.9 Å². The van der Waals surface area contributed by atoms with E-state index in [0.29, 0.717) is 22.8 Å². The Morgan fingerprint density at radius 3 is 2.45 bits per heavy atom. The van der Waals surface area contributed by atoms with Gasteiger partial charge in [-0.1, -0.05) is 30.3 Å². The van der Waals surface area contributed by atoms with Crippen molar-refractivity contribution in [1.29, 1.82) is 0 Å². The van der Waals surface area contributed by atoms with Crippen LogP contribution in [0.3, 0.4) is 0 Å². The summed E-state index contributed by atoms with van der Waals surface area (Å²) in [6.07, 6.45) is 1.95. The van der Waals surface area contributed by atoms with Gasteiger partial charge in [-0.25, -0.2) is 4.98 Å². The third-order valence-corrected chi connectivity index (χ3v) is 5.07. The Morgan fingerprint density at radius 1 is 1.03 bits per heavy atom. The Balaban J connectivity index is 1.95. The molecule has 0 saturated carbocycles. The van der Waals surface area contributed by atoms with Crippen LogP contribution in [0.1, 0.15) is 11.1 Å². The van der Waals surface area contributed by atoms with Crippen molar-refractivity contribution in [3.63, 3.8) is 0 Å². The minimum Gasteiger partial charge on any atom is -0.496 e. The minimum atomic E-state index is -0.558. The fourth-order valence-electron chi connectivity index (χ4n) is 3.60. The number of amides is 1. The van der Waals surface area contributed by atoms with Gasteiger partial charge >= 0.3 is 0 Å². The summed E-state index contributed by atoms with van der Waals surface area (Å²) < 4.78 is 13.3. The van der Waals surface area contributed by atoms with Gasteiger partial charge in [0.15, 0.2) is 6.61 Å². The maximum Gasteiger partial charge on any atom is 0.255 e. The molecule has 31 heavy (non-hydrogen) atoms. The first-order chi connectivity index (χ1) is 15.0. The number of methoxy groups -OCH3 is 1. The number of primary amides is 1. The molecule has 0 aliphatic heterocycles. The number of pyridine rings is 1. The second-order valence-corrected chi connectivity index (χ2v) is 7.22. The number of imidazole rings is 1. The van der Waals surface area contributed by atoms with Crippen LogP contribution < -0.4 is 20.5 Å². The van der Waals surface area contributed by atoms with E-state index in [1.165, 1.54) is 0 Å². The van der Waals surface area contributed by atoms with E-state index >= 15 is 0 Å². The van der Waals surface area contributed by atoms with E-state index in [2.05, 4.69) is 31.3 Å². The first-order valence-electron chi connectivity index (χ1n) is 9.88. The number of aryl methyl sites for hydroxylation is 2. The summed E-state index contributed by atoms with van der Waals surface area (Å²) in [6, 6.07) is 17.4. The number of ether oxygens (including phenoxy) is 2. The van der Waals surface area contributed by atoms with Crippen molar-refractivity contribution in [3.8, 4) is 22.8 Å². The third-order valence-electron chi connectivity index (χ3n) is 5.07. The van der Waals surface area contributed by atoms with Crippen LogP contribution in [0.2, 0.25) is 0 Å². The van der Waals surface area contributed by atoms with Crippen LogP contribution in [0.4, 0.5) is 11.5 Å². The van der Waals surface area contributed by atoms with Crippen molar-refractivity contribution in [3.05, 3.63) is 71.9 Å². The highest BCUT2D eigenvalue weighted by Crippen LogP contribution is 2.43. The number of nitrogens with two attached hydrogens (primary N) is 1. The molecule has 7 heteroatoms. The molecule has 2 aromatic carbocycles. The van der Waals surface area contributed by atoms with E-state index in [0.717, 1.165) is 28.3 Å². The zero-order valence-corrected chi connectivity index (χ0v) is 17.7. The lowest BCUT2D eigenvalue weighted by atomic mass is 10.1. The number of fused-ring (bicyclic) bond motifs is 1. The van der Waals surface area contributed by atoms with E-state index in [4.69, 9.17) is 20.2 Å². The Kier molecular flexibility index (Phi) is 5.49. The van der Waals surface area contributed by atoms with Gasteiger partial charge in [-0.2, -0.15) is 0 Å². The molecule has 7 nitrogen and oxygen atoms in total. The monoisotopic (exact) mass is 416 g/mol. The van der Waals surface area contributed by atoms with Crippen LogP contribution in [0.25, 0.3) is 16.9 Å². The molecule has 0 bridgehead atoms. The second-order valence-electron chi connectivity index (χ2n) is 7.22. The molecule has 0 atom stereocenters. The summed E-state index contributed by atoms with van der Waals surface area (Å²) in [5.41, 5.74) is 10.6. The predicted molar refractivity (Wildman–Crippen MR) is 121 cm³/mol. The van der Waals surface area contributed by atoms with E-state index in [1.54, 1.807) is 19.2 Å². The Labute approximate surface area is 180 Å². The molecule has 1 amide bonds. The van der Waals surface area contributed by atoms with Crippen LogP contribution in [0.5, 0.6) is 11.5 Å². The number of carbonyl (C=O) groups excluding carboxylic acids is 1. The highest BCUT2D eigenvalue weighted by Gasteiger charge is 2.23. The quantitative estimate of drug-likeness (QED) is 0.470. The minimum absolute atomic E-state index is 0.243. The molecule has 2 aromatic heterocycles. The van der Waals surface area contributed by atoms with Crippen LogP contribution in [-0.4, -0.2) is 29.0 Å². The number of hydrogen-bond donors (Lipinski definition) is 2. The molecule has 2 heterocycles. The molecule has 0 spiro atoms. The van der Waals surface area contributed by atoms with E-state index in [-0.39, 0.29) is 6.61 Å². The third kappa shape index (κ3) is 3.90. The van der Waals surface area contributed by atoms with Crippen molar-refractivity contribution >= 4 is 23.1 Å². The molecule has 0 unspecified atom stereocenters. The predicted octanol–water partition coefficient (Wildman–Crippen LogP) is 4.23. The van der Waals surface area contributed by atoms with Gasteiger partial charge in [-0.3, -0.25) is 9.20 Å². The Bertz CT molecular complexity index is 1240. The van der Waals surface area contributed by atoms with Gasteiger partial charge in [0.2, 0.25) is 0 Å². The molecule has 0 saturated heterocycles. The van der Waals surface area contributed by atoms with Crippen LogP contribution >= 0.6 is 0 Å². The summed E-state index contributed by atoms with van der Waals surface area (Å²) in [5.74, 6) is 1.25. The molecule has 0 aliphatic carbocycles. The number of rotatable bonds is 7. The zero-order valence-electron chi connectivity index (χ0n) is 17.7. The molecular formula is C24H24N4O3. The average Bonchev–Trinajstić information content (AvgIpc) is 3.12. The highest BCUT2D eigenvalue weighted by atomic mass is 16.5. The lowest BCUT2D eigenvalue weighted by Crippen LogP contribution is -2.20. The summed E-state index contributed by atoms with van der Waals surface area (Å²) >= 11 is 0. The second kappa shape index (κ2) is 8.39. The SMILES string of the molecule is COc1cccc(OCC(N)=O)c1-c1nc2ccccn2c1Nc1c(C)cccc1C. The molecule has 0 fully saturated rings. The van der Waals surface area contributed by atoms with Crippen molar-refractivity contribution in [2.75, 3.05) is 19.0 Å². The van der Waals surface area contributed by atoms with E-state index < -0.39 is 5.91 Å². The molecule has 0 aliphatic rings. The fraction of sp³-hybridized carbons (Fsp3) is 0.167. The van der Waals surface area contributed by atoms with Gasteiger partial charge in [-0.15, -0.1) is 0 Å². The van der Waals surface area contributed by atoms with Crippen molar-refractivity contribution in [2.45, 2.75) is 13.8 Å². The Hall–Kier alpha value is -4.00. The molecule has 4 aromatic rings.